The topological polar surface area (TPSA) is 84.0 Å². The maximum atomic E-state index is 12.8. The van der Waals surface area contributed by atoms with E-state index >= 15 is 0 Å². The van der Waals surface area contributed by atoms with Gasteiger partial charge in [0.2, 0.25) is 17.7 Å². The Morgan fingerprint density at radius 2 is 1.42 bits per heavy atom. The minimum atomic E-state index is -0.552. The van der Waals surface area contributed by atoms with Gasteiger partial charge in [-0.1, -0.05) is 30.5 Å². The summed E-state index contributed by atoms with van der Waals surface area (Å²) < 4.78 is 5.51. The van der Waals surface area contributed by atoms with E-state index in [1.807, 2.05) is 31.2 Å². The maximum Gasteiger partial charge on any atom is 0.316 e. The van der Waals surface area contributed by atoms with Gasteiger partial charge in [-0.15, -0.1) is 0 Å². The van der Waals surface area contributed by atoms with Crippen molar-refractivity contribution in [1.82, 2.24) is 0 Å². The third kappa shape index (κ3) is 3.92. The van der Waals surface area contributed by atoms with Crippen molar-refractivity contribution in [3.05, 3.63) is 54.1 Å². The van der Waals surface area contributed by atoms with Gasteiger partial charge >= 0.3 is 5.97 Å². The summed E-state index contributed by atoms with van der Waals surface area (Å²) in [6, 6.07) is 14.0. The number of hydrogen-bond donors (Lipinski definition) is 0. The smallest absolute Gasteiger partial charge is 0.316 e. The molecule has 2 aliphatic heterocycles. The molecule has 3 amide bonds. The van der Waals surface area contributed by atoms with Crippen molar-refractivity contribution in [2.45, 2.75) is 39.0 Å². The lowest BCUT2D eigenvalue weighted by Crippen LogP contribution is -2.30. The van der Waals surface area contributed by atoms with Crippen LogP contribution >= 0.6 is 0 Å². The first-order chi connectivity index (χ1) is 15.9. The van der Waals surface area contributed by atoms with Crippen LogP contribution in [0.1, 0.15) is 37.7 Å². The number of ether oxygens (including phenoxy) is 1. The molecule has 0 radical (unpaired) electrons. The summed E-state index contributed by atoms with van der Waals surface area (Å²) in [5.41, 5.74) is 2.37. The van der Waals surface area contributed by atoms with E-state index in [4.69, 9.17) is 4.74 Å². The van der Waals surface area contributed by atoms with Crippen molar-refractivity contribution in [3.8, 4) is 5.75 Å². The first kappa shape index (κ1) is 21.4. The summed E-state index contributed by atoms with van der Waals surface area (Å²) in [5, 5.41) is 0. The molecule has 2 saturated heterocycles. The highest BCUT2D eigenvalue weighted by Gasteiger charge is 2.48. The molecule has 0 spiro atoms. The zero-order valence-electron chi connectivity index (χ0n) is 18.5. The number of esters is 1. The summed E-state index contributed by atoms with van der Waals surface area (Å²) in [4.78, 5) is 53.5. The summed E-state index contributed by atoms with van der Waals surface area (Å²) >= 11 is 0. The maximum absolute atomic E-state index is 12.8. The molecule has 170 valence electrons. The zero-order valence-corrected chi connectivity index (χ0v) is 18.5. The van der Waals surface area contributed by atoms with Crippen molar-refractivity contribution in [2.75, 3.05) is 16.3 Å². The number of fused-ring (bicyclic) bond motifs is 1. The van der Waals surface area contributed by atoms with Crippen LogP contribution in [0.4, 0.5) is 11.4 Å². The molecule has 2 aromatic carbocycles. The Morgan fingerprint density at radius 1 is 0.848 bits per heavy atom. The number of rotatable bonds is 4. The molecule has 5 rings (SSSR count). The SMILES string of the molecule is Cc1ccc(N2C[C@@H](C(=O)Oc3ccc(N4C(=O)[C@H]5CCCC[C@H]5C4=O)cc3)CC2=O)cc1. The molecule has 7 heteroatoms. The summed E-state index contributed by atoms with van der Waals surface area (Å²) in [6.07, 6.45) is 3.59. The standard InChI is InChI=1S/C26H26N2O5/c1-16-6-8-18(9-7-16)27-15-17(14-23(27)29)26(32)33-20-12-10-19(11-13-20)28-24(30)21-4-2-3-5-22(21)25(28)31/h6-13,17,21-22H,2-5,14-15H2,1H3/t17-,21-,22+/m0/s1. The number of amides is 3. The lowest BCUT2D eigenvalue weighted by molar-refractivity contribution is -0.139. The van der Waals surface area contributed by atoms with Crippen molar-refractivity contribution >= 4 is 35.1 Å². The predicted octanol–water partition coefficient (Wildman–Crippen LogP) is 3.63. The Bertz CT molecular complexity index is 1080. The van der Waals surface area contributed by atoms with Gasteiger partial charge in [-0.05, 0) is 56.2 Å². The second-order valence-corrected chi connectivity index (χ2v) is 9.17. The van der Waals surface area contributed by atoms with E-state index in [0.29, 0.717) is 11.4 Å². The van der Waals surface area contributed by atoms with Crippen molar-refractivity contribution in [2.24, 2.45) is 17.8 Å². The first-order valence-corrected chi connectivity index (χ1v) is 11.5. The fraction of sp³-hybridized carbons (Fsp3) is 0.385. The van der Waals surface area contributed by atoms with Gasteiger partial charge in [0.15, 0.2) is 0 Å². The van der Waals surface area contributed by atoms with Crippen LogP contribution in [0.5, 0.6) is 5.75 Å². The van der Waals surface area contributed by atoms with Gasteiger partial charge in [0.05, 0.1) is 23.4 Å². The second kappa shape index (κ2) is 8.46. The van der Waals surface area contributed by atoms with Crippen LogP contribution in [0.3, 0.4) is 0 Å². The van der Waals surface area contributed by atoms with Gasteiger partial charge in [0, 0.05) is 18.7 Å². The number of imide groups is 1. The molecule has 0 aromatic heterocycles. The number of anilines is 2. The van der Waals surface area contributed by atoms with Gasteiger partial charge in [-0.25, -0.2) is 0 Å². The largest absolute Gasteiger partial charge is 0.426 e. The minimum absolute atomic E-state index is 0.102. The third-order valence-electron chi connectivity index (χ3n) is 6.96. The number of benzene rings is 2. The van der Waals surface area contributed by atoms with Crippen LogP contribution in [0, 0.1) is 24.7 Å². The van der Waals surface area contributed by atoms with Gasteiger partial charge < -0.3 is 9.64 Å². The first-order valence-electron chi connectivity index (χ1n) is 11.5. The average Bonchev–Trinajstić information content (AvgIpc) is 3.33. The second-order valence-electron chi connectivity index (χ2n) is 9.17. The highest BCUT2D eigenvalue weighted by atomic mass is 16.5. The molecule has 1 saturated carbocycles. The molecular formula is C26H26N2O5. The van der Waals surface area contributed by atoms with Crippen LogP contribution < -0.4 is 14.5 Å². The molecule has 0 N–H and O–H groups in total. The molecule has 7 nitrogen and oxygen atoms in total. The summed E-state index contributed by atoms with van der Waals surface area (Å²) in [5.74, 6) is -1.48. The fourth-order valence-electron chi connectivity index (χ4n) is 5.12. The van der Waals surface area contributed by atoms with Crippen molar-refractivity contribution < 1.29 is 23.9 Å². The lowest BCUT2D eigenvalue weighted by Gasteiger charge is -2.19. The Kier molecular flexibility index (Phi) is 5.48. The monoisotopic (exact) mass is 446 g/mol. The van der Waals surface area contributed by atoms with Crippen LogP contribution in [0.25, 0.3) is 0 Å². The molecule has 1 aliphatic carbocycles. The molecule has 33 heavy (non-hydrogen) atoms. The molecule has 3 atom stereocenters. The summed E-state index contributed by atoms with van der Waals surface area (Å²) in [6.45, 7) is 2.25. The van der Waals surface area contributed by atoms with Crippen LogP contribution in [-0.4, -0.2) is 30.2 Å². The highest BCUT2D eigenvalue weighted by Crippen LogP contribution is 2.40. The zero-order chi connectivity index (χ0) is 23.1. The van der Waals surface area contributed by atoms with Crippen molar-refractivity contribution in [1.29, 1.82) is 0 Å². The Labute approximate surface area is 192 Å². The van der Waals surface area contributed by atoms with E-state index < -0.39 is 11.9 Å². The Morgan fingerprint density at radius 3 is 2.03 bits per heavy atom. The fourth-order valence-corrected chi connectivity index (χ4v) is 5.12. The number of aryl methyl sites for hydroxylation is 1. The lowest BCUT2D eigenvalue weighted by atomic mass is 9.81. The van der Waals surface area contributed by atoms with Crippen LogP contribution in [0.2, 0.25) is 0 Å². The Balaban J connectivity index is 1.24. The van der Waals surface area contributed by atoms with E-state index in [1.54, 1.807) is 29.2 Å². The molecule has 0 unspecified atom stereocenters. The van der Waals surface area contributed by atoms with Gasteiger partial charge in [0.1, 0.15) is 5.75 Å². The number of nitrogens with zero attached hydrogens (tertiary/aromatic N) is 2. The van der Waals surface area contributed by atoms with Gasteiger partial charge in [0.25, 0.3) is 0 Å². The molecule has 0 bridgehead atoms. The van der Waals surface area contributed by atoms with Crippen LogP contribution in [-0.2, 0) is 19.2 Å². The predicted molar refractivity (Wildman–Crippen MR) is 122 cm³/mol. The number of hydrogen-bond acceptors (Lipinski definition) is 5. The van der Waals surface area contributed by atoms with Crippen molar-refractivity contribution in [3.63, 3.8) is 0 Å². The van der Waals surface area contributed by atoms with Crippen LogP contribution in [0.15, 0.2) is 48.5 Å². The molecule has 2 heterocycles. The summed E-state index contributed by atoms with van der Waals surface area (Å²) in [7, 11) is 0. The number of carbonyl (C=O) groups excluding carboxylic acids is 4. The highest BCUT2D eigenvalue weighted by molar-refractivity contribution is 6.22. The quantitative estimate of drug-likeness (QED) is 0.407. The molecular weight excluding hydrogens is 420 g/mol. The third-order valence-corrected chi connectivity index (χ3v) is 6.96. The average molecular weight is 447 g/mol. The number of carbonyl (C=O) groups is 4. The minimum Gasteiger partial charge on any atom is -0.426 e. The van der Waals surface area contributed by atoms with E-state index in [1.165, 1.54) is 4.90 Å². The van der Waals surface area contributed by atoms with E-state index in [0.717, 1.165) is 36.9 Å². The van der Waals surface area contributed by atoms with Gasteiger partial charge in [-0.2, -0.15) is 0 Å². The van der Waals surface area contributed by atoms with E-state index in [9.17, 15) is 19.2 Å². The molecule has 2 aromatic rings. The normalized spacial score (nSPS) is 24.9. The molecule has 3 fully saturated rings. The van der Waals surface area contributed by atoms with Gasteiger partial charge in [-0.3, -0.25) is 24.1 Å². The Hall–Kier alpha value is -3.48. The molecule has 3 aliphatic rings. The van der Waals surface area contributed by atoms with E-state index in [2.05, 4.69) is 0 Å². The van der Waals surface area contributed by atoms with E-state index in [-0.39, 0.29) is 42.5 Å².